The number of hydrogen-bond acceptors (Lipinski definition) is 5. The normalized spacial score (nSPS) is 10.4. The van der Waals surface area contributed by atoms with Crippen LogP contribution in [0, 0.1) is 6.92 Å². The quantitative estimate of drug-likeness (QED) is 0.399. The van der Waals surface area contributed by atoms with E-state index in [2.05, 4.69) is 26.6 Å². The van der Waals surface area contributed by atoms with Gasteiger partial charge in [-0.25, -0.2) is 0 Å². The molecule has 0 saturated carbocycles. The summed E-state index contributed by atoms with van der Waals surface area (Å²) in [4.78, 5) is 12.2. The van der Waals surface area contributed by atoms with Crippen LogP contribution in [-0.2, 0) is 11.3 Å². The standard InChI is InChI=1S/C23H23BrN2O4/c1-15-3-5-18(6-4-15)26-22(28)14-30-23-20(24)11-16(12-21(23)29-2)13-25-17-7-9-19(27)10-8-17/h3-12,25,27H,13-14H2,1-2H3,(H,26,28). The van der Waals surface area contributed by atoms with Gasteiger partial charge in [-0.3, -0.25) is 4.79 Å². The minimum Gasteiger partial charge on any atom is -0.508 e. The lowest BCUT2D eigenvalue weighted by Crippen LogP contribution is -2.20. The van der Waals surface area contributed by atoms with Gasteiger partial charge < -0.3 is 25.2 Å². The van der Waals surface area contributed by atoms with Gasteiger partial charge in [-0.1, -0.05) is 17.7 Å². The molecule has 3 rings (SSSR count). The molecule has 0 atom stereocenters. The molecule has 0 saturated heterocycles. The highest BCUT2D eigenvalue weighted by atomic mass is 79.9. The Labute approximate surface area is 184 Å². The topological polar surface area (TPSA) is 79.8 Å². The summed E-state index contributed by atoms with van der Waals surface area (Å²) in [6.45, 7) is 2.39. The molecule has 0 aliphatic heterocycles. The largest absolute Gasteiger partial charge is 0.508 e. The summed E-state index contributed by atoms with van der Waals surface area (Å²) in [6.07, 6.45) is 0. The van der Waals surface area contributed by atoms with Gasteiger partial charge in [-0.05, 0) is 76.9 Å². The van der Waals surface area contributed by atoms with E-state index in [1.165, 1.54) is 0 Å². The van der Waals surface area contributed by atoms with Crippen molar-refractivity contribution in [3.8, 4) is 17.2 Å². The Morgan fingerprint density at radius 1 is 1.03 bits per heavy atom. The van der Waals surface area contributed by atoms with Gasteiger partial charge in [0.25, 0.3) is 5.91 Å². The van der Waals surface area contributed by atoms with Crippen LogP contribution in [0.15, 0.2) is 65.1 Å². The van der Waals surface area contributed by atoms with Crippen molar-refractivity contribution in [3.63, 3.8) is 0 Å². The van der Waals surface area contributed by atoms with Crippen LogP contribution in [0.2, 0.25) is 0 Å². The van der Waals surface area contributed by atoms with Crippen LogP contribution < -0.4 is 20.1 Å². The maximum atomic E-state index is 12.2. The van der Waals surface area contributed by atoms with Gasteiger partial charge >= 0.3 is 0 Å². The molecule has 6 nitrogen and oxygen atoms in total. The fraction of sp³-hybridized carbons (Fsp3) is 0.174. The molecule has 0 heterocycles. The Hall–Kier alpha value is -3.19. The number of halogens is 1. The molecule has 1 amide bonds. The number of amides is 1. The Bertz CT molecular complexity index is 1000. The molecule has 156 valence electrons. The average Bonchev–Trinajstić information content (AvgIpc) is 2.74. The number of rotatable bonds is 8. The number of methoxy groups -OCH3 is 1. The fourth-order valence-electron chi connectivity index (χ4n) is 2.77. The van der Waals surface area contributed by atoms with Crippen molar-refractivity contribution in [3.05, 3.63) is 76.3 Å². The van der Waals surface area contributed by atoms with Crippen molar-refractivity contribution in [2.75, 3.05) is 24.4 Å². The van der Waals surface area contributed by atoms with E-state index in [1.807, 2.05) is 43.3 Å². The van der Waals surface area contributed by atoms with Crippen LogP contribution in [0.4, 0.5) is 11.4 Å². The SMILES string of the molecule is COc1cc(CNc2ccc(O)cc2)cc(Br)c1OCC(=O)Nc1ccc(C)cc1. The molecule has 3 aromatic rings. The number of hydrogen-bond donors (Lipinski definition) is 3. The number of nitrogens with one attached hydrogen (secondary N) is 2. The number of phenolic OH excluding ortho intramolecular Hbond substituents is 1. The predicted octanol–water partition coefficient (Wildman–Crippen LogP) is 5.10. The molecule has 0 aliphatic carbocycles. The van der Waals surface area contributed by atoms with E-state index < -0.39 is 0 Å². The molecular weight excluding hydrogens is 448 g/mol. The lowest BCUT2D eigenvalue weighted by Gasteiger charge is -2.15. The first-order valence-corrected chi connectivity index (χ1v) is 10.1. The third-order valence-electron chi connectivity index (χ3n) is 4.34. The second kappa shape index (κ2) is 10.0. The number of carbonyl (C=O) groups is 1. The fourth-order valence-corrected chi connectivity index (χ4v) is 3.37. The first-order chi connectivity index (χ1) is 14.4. The van der Waals surface area contributed by atoms with Gasteiger partial charge in [0.2, 0.25) is 0 Å². The molecule has 0 bridgehead atoms. The van der Waals surface area contributed by atoms with Crippen LogP contribution in [-0.4, -0.2) is 24.7 Å². The summed E-state index contributed by atoms with van der Waals surface area (Å²) in [5.74, 6) is 0.948. The van der Waals surface area contributed by atoms with Gasteiger partial charge in [0, 0.05) is 17.9 Å². The van der Waals surface area contributed by atoms with Gasteiger partial charge in [0.1, 0.15) is 5.75 Å². The van der Waals surface area contributed by atoms with E-state index in [1.54, 1.807) is 31.4 Å². The summed E-state index contributed by atoms with van der Waals surface area (Å²) in [5, 5.41) is 15.4. The van der Waals surface area contributed by atoms with Gasteiger partial charge in [-0.2, -0.15) is 0 Å². The van der Waals surface area contributed by atoms with Crippen molar-refractivity contribution >= 4 is 33.2 Å². The van der Waals surface area contributed by atoms with Crippen LogP contribution in [0.5, 0.6) is 17.2 Å². The highest BCUT2D eigenvalue weighted by molar-refractivity contribution is 9.10. The highest BCUT2D eigenvalue weighted by Gasteiger charge is 2.14. The highest BCUT2D eigenvalue weighted by Crippen LogP contribution is 2.37. The van der Waals surface area contributed by atoms with E-state index >= 15 is 0 Å². The number of benzene rings is 3. The molecule has 0 fully saturated rings. The molecule has 0 radical (unpaired) electrons. The lowest BCUT2D eigenvalue weighted by atomic mass is 10.2. The maximum absolute atomic E-state index is 12.2. The van der Waals surface area contributed by atoms with Crippen LogP contribution in [0.25, 0.3) is 0 Å². The molecule has 3 aromatic carbocycles. The number of aromatic hydroxyl groups is 1. The molecule has 0 aromatic heterocycles. The van der Waals surface area contributed by atoms with Crippen molar-refractivity contribution in [1.82, 2.24) is 0 Å². The van der Waals surface area contributed by atoms with Crippen LogP contribution in [0.3, 0.4) is 0 Å². The van der Waals surface area contributed by atoms with E-state index in [0.29, 0.717) is 22.5 Å². The Morgan fingerprint density at radius 2 is 1.70 bits per heavy atom. The molecule has 30 heavy (non-hydrogen) atoms. The van der Waals surface area contributed by atoms with Crippen molar-refractivity contribution in [2.45, 2.75) is 13.5 Å². The van der Waals surface area contributed by atoms with Gasteiger partial charge in [0.15, 0.2) is 18.1 Å². The predicted molar refractivity (Wildman–Crippen MR) is 121 cm³/mol. The molecule has 0 aliphatic rings. The molecule has 0 spiro atoms. The molecule has 3 N–H and O–H groups in total. The van der Waals surface area contributed by atoms with Crippen molar-refractivity contribution in [1.29, 1.82) is 0 Å². The number of ether oxygens (including phenoxy) is 2. The summed E-state index contributed by atoms with van der Waals surface area (Å²) in [7, 11) is 1.55. The van der Waals surface area contributed by atoms with Crippen LogP contribution in [0.1, 0.15) is 11.1 Å². The number of anilines is 2. The monoisotopic (exact) mass is 470 g/mol. The first kappa shape index (κ1) is 21.5. The molecular formula is C23H23BrN2O4. The number of aryl methyl sites for hydroxylation is 1. The van der Waals surface area contributed by atoms with Gasteiger partial charge in [-0.15, -0.1) is 0 Å². The van der Waals surface area contributed by atoms with E-state index in [4.69, 9.17) is 9.47 Å². The second-order valence-electron chi connectivity index (χ2n) is 6.71. The minimum atomic E-state index is -0.258. The number of phenols is 1. The van der Waals surface area contributed by atoms with Crippen molar-refractivity contribution in [2.24, 2.45) is 0 Å². The lowest BCUT2D eigenvalue weighted by molar-refractivity contribution is -0.118. The van der Waals surface area contributed by atoms with E-state index in [0.717, 1.165) is 22.5 Å². The smallest absolute Gasteiger partial charge is 0.262 e. The summed E-state index contributed by atoms with van der Waals surface area (Å²) < 4.78 is 11.9. The van der Waals surface area contributed by atoms with E-state index in [9.17, 15) is 9.90 Å². The third kappa shape index (κ3) is 5.90. The minimum absolute atomic E-state index is 0.145. The zero-order valence-electron chi connectivity index (χ0n) is 16.7. The van der Waals surface area contributed by atoms with E-state index in [-0.39, 0.29) is 18.3 Å². The molecule has 7 heteroatoms. The maximum Gasteiger partial charge on any atom is 0.262 e. The average molecular weight is 471 g/mol. The Morgan fingerprint density at radius 3 is 2.37 bits per heavy atom. The van der Waals surface area contributed by atoms with Crippen molar-refractivity contribution < 1.29 is 19.4 Å². The summed E-state index contributed by atoms with van der Waals surface area (Å²) in [5.41, 5.74) is 3.69. The Kier molecular flexibility index (Phi) is 7.19. The number of carbonyl (C=O) groups excluding carboxylic acids is 1. The molecule has 0 unspecified atom stereocenters. The summed E-state index contributed by atoms with van der Waals surface area (Å²) >= 11 is 3.50. The Balaban J connectivity index is 1.62. The summed E-state index contributed by atoms with van der Waals surface area (Å²) in [6, 6.07) is 18.2. The third-order valence-corrected chi connectivity index (χ3v) is 4.93. The zero-order valence-corrected chi connectivity index (χ0v) is 18.3. The second-order valence-corrected chi connectivity index (χ2v) is 7.57. The van der Waals surface area contributed by atoms with Crippen LogP contribution >= 0.6 is 15.9 Å². The zero-order chi connectivity index (χ0) is 21.5. The first-order valence-electron chi connectivity index (χ1n) is 9.33. The van der Waals surface area contributed by atoms with Gasteiger partial charge in [0.05, 0.1) is 11.6 Å².